The number of carbonyl (C=O) groups excluding carboxylic acids is 1. The van der Waals surface area contributed by atoms with E-state index in [4.69, 9.17) is 9.84 Å². The van der Waals surface area contributed by atoms with Crippen LogP contribution in [0.3, 0.4) is 0 Å². The van der Waals surface area contributed by atoms with Crippen LogP contribution >= 0.6 is 0 Å². The lowest BCUT2D eigenvalue weighted by atomic mass is 10.1. The SMILES string of the molecule is COCCN(CC(=O)O)C(=O)NCCc1ccc(F)cc1. The minimum atomic E-state index is -1.08. The molecule has 1 aromatic carbocycles. The summed E-state index contributed by atoms with van der Waals surface area (Å²) in [4.78, 5) is 23.7. The average molecular weight is 298 g/mol. The number of nitrogens with zero attached hydrogens (tertiary/aromatic N) is 1. The van der Waals surface area contributed by atoms with Crippen molar-refractivity contribution in [3.05, 3.63) is 35.6 Å². The maximum Gasteiger partial charge on any atom is 0.323 e. The van der Waals surface area contributed by atoms with Gasteiger partial charge >= 0.3 is 12.0 Å². The van der Waals surface area contributed by atoms with Gasteiger partial charge in [-0.3, -0.25) is 4.79 Å². The smallest absolute Gasteiger partial charge is 0.323 e. The molecule has 0 aliphatic rings. The third kappa shape index (κ3) is 6.71. The standard InChI is InChI=1S/C14H19FN2O4/c1-21-9-8-17(10-13(18)19)14(20)16-7-6-11-2-4-12(15)5-3-11/h2-5H,6-10H2,1H3,(H,16,20)(H,18,19). The quantitative estimate of drug-likeness (QED) is 0.753. The summed E-state index contributed by atoms with van der Waals surface area (Å²) in [5.74, 6) is -1.39. The number of carboxylic acid groups (broad SMARTS) is 1. The predicted molar refractivity (Wildman–Crippen MR) is 74.6 cm³/mol. The molecule has 1 rings (SSSR count). The van der Waals surface area contributed by atoms with E-state index in [9.17, 15) is 14.0 Å². The van der Waals surface area contributed by atoms with Crippen molar-refractivity contribution < 1.29 is 23.8 Å². The minimum absolute atomic E-state index is 0.200. The summed E-state index contributed by atoms with van der Waals surface area (Å²) in [5.41, 5.74) is 0.887. The predicted octanol–water partition coefficient (Wildman–Crippen LogP) is 1.11. The van der Waals surface area contributed by atoms with Gasteiger partial charge in [0.05, 0.1) is 6.61 Å². The molecule has 0 bridgehead atoms. The first-order chi connectivity index (χ1) is 10.0. The maximum atomic E-state index is 12.7. The number of nitrogens with one attached hydrogen (secondary N) is 1. The van der Waals surface area contributed by atoms with E-state index in [-0.39, 0.29) is 25.5 Å². The third-order valence-corrected chi connectivity index (χ3v) is 2.78. The molecule has 0 saturated carbocycles. The maximum absolute atomic E-state index is 12.7. The number of carbonyl (C=O) groups is 2. The van der Waals surface area contributed by atoms with Gasteiger partial charge in [-0.15, -0.1) is 0 Å². The number of aliphatic carboxylic acids is 1. The molecule has 116 valence electrons. The number of halogens is 1. The highest BCUT2D eigenvalue weighted by atomic mass is 19.1. The van der Waals surface area contributed by atoms with Crippen LogP contribution in [0.25, 0.3) is 0 Å². The van der Waals surface area contributed by atoms with Crippen molar-refractivity contribution in [2.24, 2.45) is 0 Å². The summed E-state index contributed by atoms with van der Waals surface area (Å²) >= 11 is 0. The molecule has 0 saturated heterocycles. The number of carboxylic acids is 1. The molecule has 0 radical (unpaired) electrons. The molecule has 7 heteroatoms. The lowest BCUT2D eigenvalue weighted by molar-refractivity contribution is -0.137. The fourth-order valence-corrected chi connectivity index (χ4v) is 1.69. The monoisotopic (exact) mass is 298 g/mol. The van der Waals surface area contributed by atoms with E-state index in [0.29, 0.717) is 13.0 Å². The topological polar surface area (TPSA) is 78.9 Å². The molecule has 0 aliphatic heterocycles. The summed E-state index contributed by atoms with van der Waals surface area (Å²) in [6.45, 7) is 0.420. The summed E-state index contributed by atoms with van der Waals surface area (Å²) in [6, 6.07) is 5.53. The Morgan fingerprint density at radius 1 is 1.33 bits per heavy atom. The van der Waals surface area contributed by atoms with Crippen molar-refractivity contribution in [3.63, 3.8) is 0 Å². The van der Waals surface area contributed by atoms with Gasteiger partial charge in [0.2, 0.25) is 0 Å². The number of ether oxygens (including phenoxy) is 1. The zero-order valence-electron chi connectivity index (χ0n) is 11.8. The first-order valence-electron chi connectivity index (χ1n) is 6.51. The highest BCUT2D eigenvalue weighted by Crippen LogP contribution is 2.03. The van der Waals surface area contributed by atoms with Crippen molar-refractivity contribution in [2.75, 3.05) is 33.4 Å². The van der Waals surface area contributed by atoms with Crippen LogP contribution < -0.4 is 5.32 Å². The second-order valence-corrected chi connectivity index (χ2v) is 4.42. The number of hydrogen-bond acceptors (Lipinski definition) is 3. The van der Waals surface area contributed by atoms with E-state index >= 15 is 0 Å². The zero-order valence-corrected chi connectivity index (χ0v) is 11.8. The number of benzene rings is 1. The zero-order chi connectivity index (χ0) is 15.7. The molecule has 2 N–H and O–H groups in total. The number of methoxy groups -OCH3 is 1. The molecule has 0 aromatic heterocycles. The summed E-state index contributed by atoms with van der Waals surface area (Å²) in [5, 5.41) is 11.4. The van der Waals surface area contributed by atoms with Crippen LogP contribution in [0, 0.1) is 5.82 Å². The van der Waals surface area contributed by atoms with E-state index in [1.807, 2.05) is 0 Å². The molecule has 0 unspecified atom stereocenters. The highest BCUT2D eigenvalue weighted by molar-refractivity contribution is 5.80. The Morgan fingerprint density at radius 3 is 2.57 bits per heavy atom. The fraction of sp³-hybridized carbons (Fsp3) is 0.429. The third-order valence-electron chi connectivity index (χ3n) is 2.78. The number of urea groups is 1. The van der Waals surface area contributed by atoms with E-state index in [0.717, 1.165) is 10.5 Å². The lowest BCUT2D eigenvalue weighted by Crippen LogP contribution is -2.44. The van der Waals surface area contributed by atoms with Crippen LogP contribution in [0.4, 0.5) is 9.18 Å². The van der Waals surface area contributed by atoms with Gasteiger partial charge in [0.1, 0.15) is 12.4 Å². The van der Waals surface area contributed by atoms with Gasteiger partial charge < -0.3 is 20.1 Å². The molecule has 0 atom stereocenters. The molecule has 6 nitrogen and oxygen atoms in total. The van der Waals surface area contributed by atoms with Gasteiger partial charge in [-0.25, -0.2) is 9.18 Å². The molecule has 0 aliphatic carbocycles. The van der Waals surface area contributed by atoms with Crippen LogP contribution in [-0.4, -0.2) is 55.4 Å². The number of hydrogen-bond donors (Lipinski definition) is 2. The first-order valence-corrected chi connectivity index (χ1v) is 6.51. The van der Waals surface area contributed by atoms with Crippen LogP contribution in [0.5, 0.6) is 0 Å². The van der Waals surface area contributed by atoms with Crippen LogP contribution in [0.2, 0.25) is 0 Å². The summed E-state index contributed by atoms with van der Waals surface area (Å²) in [6.07, 6.45) is 0.539. The van der Waals surface area contributed by atoms with Gasteiger partial charge in [-0.05, 0) is 24.1 Å². The summed E-state index contributed by atoms with van der Waals surface area (Å²) < 4.78 is 17.6. The van der Waals surface area contributed by atoms with E-state index in [1.165, 1.54) is 19.2 Å². The normalized spacial score (nSPS) is 10.2. The molecule has 1 aromatic rings. The van der Waals surface area contributed by atoms with Crippen LogP contribution in [0.15, 0.2) is 24.3 Å². The first kappa shape index (κ1) is 16.9. The Bertz CT molecular complexity index is 465. The average Bonchev–Trinajstić information content (AvgIpc) is 2.45. The Labute approximate surface area is 122 Å². The summed E-state index contributed by atoms with van der Waals surface area (Å²) in [7, 11) is 1.48. The second kappa shape index (κ2) is 8.91. The van der Waals surface area contributed by atoms with Crippen LogP contribution in [0.1, 0.15) is 5.56 Å². The molecule has 0 fully saturated rings. The van der Waals surface area contributed by atoms with Crippen molar-refractivity contribution in [3.8, 4) is 0 Å². The van der Waals surface area contributed by atoms with Crippen molar-refractivity contribution >= 4 is 12.0 Å². The number of rotatable bonds is 8. The van der Waals surface area contributed by atoms with E-state index in [2.05, 4.69) is 5.32 Å². The molecular weight excluding hydrogens is 279 g/mol. The highest BCUT2D eigenvalue weighted by Gasteiger charge is 2.15. The van der Waals surface area contributed by atoms with Crippen molar-refractivity contribution in [1.29, 1.82) is 0 Å². The molecular formula is C14H19FN2O4. The van der Waals surface area contributed by atoms with Gasteiger partial charge in [0.25, 0.3) is 0 Å². The Balaban J connectivity index is 2.41. The van der Waals surface area contributed by atoms with Gasteiger partial charge in [0, 0.05) is 20.2 Å². The van der Waals surface area contributed by atoms with Gasteiger partial charge in [-0.1, -0.05) is 12.1 Å². The molecule has 21 heavy (non-hydrogen) atoms. The van der Waals surface area contributed by atoms with Gasteiger partial charge in [0.15, 0.2) is 0 Å². The fourth-order valence-electron chi connectivity index (χ4n) is 1.69. The number of amides is 2. The molecule has 0 spiro atoms. The lowest BCUT2D eigenvalue weighted by Gasteiger charge is -2.20. The largest absolute Gasteiger partial charge is 0.480 e. The Morgan fingerprint density at radius 2 is 2.00 bits per heavy atom. The van der Waals surface area contributed by atoms with E-state index in [1.54, 1.807) is 12.1 Å². The van der Waals surface area contributed by atoms with Gasteiger partial charge in [-0.2, -0.15) is 0 Å². The second-order valence-electron chi connectivity index (χ2n) is 4.42. The van der Waals surface area contributed by atoms with Crippen LogP contribution in [-0.2, 0) is 16.0 Å². The Hall–Kier alpha value is -2.15. The minimum Gasteiger partial charge on any atom is -0.480 e. The molecule has 2 amide bonds. The van der Waals surface area contributed by atoms with Crippen molar-refractivity contribution in [1.82, 2.24) is 10.2 Å². The Kier molecular flexibility index (Phi) is 7.17. The van der Waals surface area contributed by atoms with E-state index < -0.39 is 12.0 Å². The van der Waals surface area contributed by atoms with Crippen molar-refractivity contribution in [2.45, 2.75) is 6.42 Å². The molecule has 0 heterocycles.